The molecule has 0 saturated carbocycles. The highest BCUT2D eigenvalue weighted by Crippen LogP contribution is 2.27. The number of halogens is 1. The summed E-state index contributed by atoms with van der Waals surface area (Å²) in [5.41, 5.74) is 0.409. The van der Waals surface area contributed by atoms with Gasteiger partial charge in [-0.3, -0.25) is 24.0 Å². The van der Waals surface area contributed by atoms with E-state index >= 15 is 0 Å². The number of benzene rings is 1. The second-order valence-electron chi connectivity index (χ2n) is 7.26. The first kappa shape index (κ1) is 22.8. The van der Waals surface area contributed by atoms with Crippen LogP contribution in [0.1, 0.15) is 37.7 Å². The van der Waals surface area contributed by atoms with Crippen molar-refractivity contribution in [1.29, 1.82) is 0 Å². The van der Waals surface area contributed by atoms with Gasteiger partial charge >= 0.3 is 5.69 Å². The molecule has 31 heavy (non-hydrogen) atoms. The van der Waals surface area contributed by atoms with Gasteiger partial charge < -0.3 is 10.3 Å². The molecule has 2 heterocycles. The summed E-state index contributed by atoms with van der Waals surface area (Å²) in [5, 5.41) is 3.66. The third kappa shape index (κ3) is 5.05. The van der Waals surface area contributed by atoms with Crippen molar-refractivity contribution in [2.24, 2.45) is 7.05 Å². The maximum atomic E-state index is 12.5. The van der Waals surface area contributed by atoms with E-state index in [-0.39, 0.29) is 29.5 Å². The van der Waals surface area contributed by atoms with Crippen molar-refractivity contribution in [1.82, 2.24) is 29.7 Å². The number of imidazole rings is 1. The van der Waals surface area contributed by atoms with Crippen LogP contribution in [0.25, 0.3) is 11.2 Å². The third-order valence-electron chi connectivity index (χ3n) is 5.40. The Hall–Kier alpha value is -2.91. The van der Waals surface area contributed by atoms with E-state index in [4.69, 9.17) is 11.6 Å². The van der Waals surface area contributed by atoms with Crippen molar-refractivity contribution in [3.05, 3.63) is 61.5 Å². The second kappa shape index (κ2) is 9.93. The summed E-state index contributed by atoms with van der Waals surface area (Å²) >= 11 is 6.40. The maximum absolute atomic E-state index is 12.5. The second-order valence-corrected chi connectivity index (χ2v) is 7.67. The molecule has 166 valence electrons. The van der Waals surface area contributed by atoms with Gasteiger partial charge in [-0.15, -0.1) is 0 Å². The number of H-pyrrole nitrogens is 2. The highest BCUT2D eigenvalue weighted by atomic mass is 35.5. The first-order chi connectivity index (χ1) is 14.8. The van der Waals surface area contributed by atoms with Crippen LogP contribution >= 0.6 is 11.6 Å². The predicted octanol–water partition coefficient (Wildman–Crippen LogP) is 1.74. The molecule has 0 aliphatic heterocycles. The van der Waals surface area contributed by atoms with E-state index in [1.165, 1.54) is 11.6 Å². The number of hydrogen-bond acceptors (Lipinski definition) is 5. The summed E-state index contributed by atoms with van der Waals surface area (Å²) in [5.74, 6) is 0.343. The van der Waals surface area contributed by atoms with Gasteiger partial charge in [0.1, 0.15) is 11.3 Å². The van der Waals surface area contributed by atoms with Crippen LogP contribution in [-0.2, 0) is 18.3 Å². The zero-order chi connectivity index (χ0) is 22.5. The summed E-state index contributed by atoms with van der Waals surface area (Å²) in [6, 6.07) is 7.63. The van der Waals surface area contributed by atoms with Crippen LogP contribution in [-0.4, -0.2) is 50.0 Å². The average molecular weight is 447 g/mol. The van der Waals surface area contributed by atoms with Gasteiger partial charge in [0.25, 0.3) is 5.56 Å². The SMILES string of the molecule is CCN(CC)[C@H](CNC(=O)CCc1nc2c([nH]1)c(=O)[nH]c(=O)n2C)c1ccccc1Cl. The lowest BCUT2D eigenvalue weighted by Gasteiger charge is -2.31. The standard InChI is InChI=1S/C21H27ClN6O3/c1-4-28(5-2)15(13-8-6-7-9-14(13)22)12-23-17(29)11-10-16-24-18-19(25-16)27(3)21(31)26-20(18)30/h6-9,15H,4-5,10-12H2,1-3H3,(H,23,29)(H,24,25)(H,26,30,31)/t15-/m1/s1. The molecule has 0 spiro atoms. The molecule has 0 saturated heterocycles. The van der Waals surface area contributed by atoms with Gasteiger partial charge in [-0.1, -0.05) is 43.6 Å². The van der Waals surface area contributed by atoms with E-state index in [0.29, 0.717) is 23.8 Å². The highest BCUT2D eigenvalue weighted by molar-refractivity contribution is 6.31. The Kier molecular flexibility index (Phi) is 7.29. The Bertz CT molecular complexity index is 1180. The fourth-order valence-electron chi connectivity index (χ4n) is 3.65. The lowest BCUT2D eigenvalue weighted by Crippen LogP contribution is -2.38. The molecule has 3 N–H and O–H groups in total. The van der Waals surface area contributed by atoms with Crippen LogP contribution in [0.5, 0.6) is 0 Å². The quantitative estimate of drug-likeness (QED) is 0.463. The van der Waals surface area contributed by atoms with Crippen LogP contribution in [0.15, 0.2) is 33.9 Å². The van der Waals surface area contributed by atoms with E-state index in [1.807, 2.05) is 24.3 Å². The topological polar surface area (TPSA) is 116 Å². The Balaban J connectivity index is 1.67. The number of fused-ring (bicyclic) bond motifs is 1. The van der Waals surface area contributed by atoms with Crippen LogP contribution in [0.2, 0.25) is 5.02 Å². The number of likely N-dealkylation sites (N-methyl/N-ethyl adjacent to an activating group) is 1. The highest BCUT2D eigenvalue weighted by Gasteiger charge is 2.21. The first-order valence-electron chi connectivity index (χ1n) is 10.3. The van der Waals surface area contributed by atoms with Crippen molar-refractivity contribution in [3.63, 3.8) is 0 Å². The van der Waals surface area contributed by atoms with Crippen LogP contribution in [0.4, 0.5) is 0 Å². The zero-order valence-corrected chi connectivity index (χ0v) is 18.6. The largest absolute Gasteiger partial charge is 0.354 e. The maximum Gasteiger partial charge on any atom is 0.329 e. The minimum atomic E-state index is -0.532. The Morgan fingerprint density at radius 1 is 1.23 bits per heavy atom. The van der Waals surface area contributed by atoms with Gasteiger partial charge in [0.05, 0.1) is 6.04 Å². The number of aryl methyl sites for hydroxylation is 2. The van der Waals surface area contributed by atoms with Crippen molar-refractivity contribution in [2.75, 3.05) is 19.6 Å². The van der Waals surface area contributed by atoms with Crippen molar-refractivity contribution in [3.8, 4) is 0 Å². The molecule has 0 unspecified atom stereocenters. The number of amides is 1. The molecule has 0 radical (unpaired) electrons. The van der Waals surface area contributed by atoms with Gasteiger partial charge in [0.2, 0.25) is 5.91 Å². The molecule has 1 aromatic carbocycles. The number of aromatic nitrogens is 4. The lowest BCUT2D eigenvalue weighted by molar-refractivity contribution is -0.121. The molecule has 1 amide bonds. The fraction of sp³-hybridized carbons (Fsp3) is 0.429. The smallest absolute Gasteiger partial charge is 0.329 e. The number of hydrogen-bond donors (Lipinski definition) is 3. The summed E-state index contributed by atoms with van der Waals surface area (Å²) in [6.07, 6.45) is 0.509. The number of aromatic amines is 2. The third-order valence-corrected chi connectivity index (χ3v) is 5.75. The van der Waals surface area contributed by atoms with Gasteiger partial charge in [-0.05, 0) is 24.7 Å². The van der Waals surface area contributed by atoms with E-state index in [9.17, 15) is 14.4 Å². The summed E-state index contributed by atoms with van der Waals surface area (Å²) < 4.78 is 1.26. The van der Waals surface area contributed by atoms with Crippen molar-refractivity contribution in [2.45, 2.75) is 32.7 Å². The van der Waals surface area contributed by atoms with Crippen LogP contribution in [0, 0.1) is 0 Å². The van der Waals surface area contributed by atoms with E-state index < -0.39 is 11.2 Å². The monoisotopic (exact) mass is 446 g/mol. The van der Waals surface area contributed by atoms with Gasteiger partial charge in [0, 0.05) is 31.5 Å². The molecule has 0 bridgehead atoms. The number of rotatable bonds is 9. The zero-order valence-electron chi connectivity index (χ0n) is 17.9. The van der Waals surface area contributed by atoms with Crippen molar-refractivity contribution >= 4 is 28.7 Å². The number of nitrogens with zero attached hydrogens (tertiary/aromatic N) is 3. The minimum absolute atomic E-state index is 0.0352. The van der Waals surface area contributed by atoms with E-state index in [1.54, 1.807) is 0 Å². The van der Waals surface area contributed by atoms with E-state index in [0.717, 1.165) is 18.7 Å². The molecule has 9 nitrogen and oxygen atoms in total. The molecule has 2 aromatic heterocycles. The molecular weight excluding hydrogens is 420 g/mol. The van der Waals surface area contributed by atoms with Crippen LogP contribution in [0.3, 0.4) is 0 Å². The summed E-state index contributed by atoms with van der Waals surface area (Å²) in [7, 11) is 1.53. The predicted molar refractivity (Wildman–Crippen MR) is 120 cm³/mol. The van der Waals surface area contributed by atoms with Gasteiger partial charge in [0.15, 0.2) is 5.65 Å². The van der Waals surface area contributed by atoms with Crippen LogP contribution < -0.4 is 16.6 Å². The van der Waals surface area contributed by atoms with E-state index in [2.05, 4.69) is 39.0 Å². The lowest BCUT2D eigenvalue weighted by atomic mass is 10.0. The number of nitrogens with one attached hydrogen (secondary N) is 3. The summed E-state index contributed by atoms with van der Waals surface area (Å²) in [4.78, 5) is 47.8. The Morgan fingerprint density at radius 2 is 1.94 bits per heavy atom. The molecule has 1 atom stereocenters. The summed E-state index contributed by atoms with van der Waals surface area (Å²) in [6.45, 7) is 6.24. The molecular formula is C21H27ClN6O3. The Labute approximate surface area is 184 Å². The fourth-order valence-corrected chi connectivity index (χ4v) is 3.91. The average Bonchev–Trinajstić information content (AvgIpc) is 3.19. The normalized spacial score (nSPS) is 12.4. The molecule has 0 aliphatic rings. The molecule has 0 aliphatic carbocycles. The molecule has 3 rings (SSSR count). The van der Waals surface area contributed by atoms with Gasteiger partial charge in [-0.25, -0.2) is 9.78 Å². The minimum Gasteiger partial charge on any atom is -0.354 e. The first-order valence-corrected chi connectivity index (χ1v) is 10.7. The number of carbonyl (C=O) groups excluding carboxylic acids is 1. The molecule has 0 fully saturated rings. The van der Waals surface area contributed by atoms with Gasteiger partial charge in [-0.2, -0.15) is 0 Å². The Morgan fingerprint density at radius 3 is 2.61 bits per heavy atom. The molecule has 3 aromatic rings. The number of carbonyl (C=O) groups is 1. The molecule has 10 heteroatoms. The van der Waals surface area contributed by atoms with Crippen molar-refractivity contribution < 1.29 is 4.79 Å².